The second-order valence-electron chi connectivity index (χ2n) is 7.81. The van der Waals surface area contributed by atoms with E-state index in [4.69, 9.17) is 9.73 Å². The maximum Gasteiger partial charge on any atom is 0.191 e. The highest BCUT2D eigenvalue weighted by Gasteiger charge is 2.24. The maximum atomic E-state index is 5.19. The van der Waals surface area contributed by atoms with Crippen molar-refractivity contribution in [2.45, 2.75) is 45.1 Å². The summed E-state index contributed by atoms with van der Waals surface area (Å²) in [5.41, 5.74) is 1.25. The van der Waals surface area contributed by atoms with Crippen molar-refractivity contribution in [2.75, 3.05) is 46.4 Å². The fourth-order valence-electron chi connectivity index (χ4n) is 3.41. The monoisotopic (exact) mass is 438 g/mol. The molecule has 152 valence electrons. The Balaban J connectivity index is 1.93. The highest BCUT2D eigenvalue weighted by molar-refractivity contribution is 9.10. The van der Waals surface area contributed by atoms with E-state index in [2.05, 4.69) is 76.5 Å². The van der Waals surface area contributed by atoms with Gasteiger partial charge in [0.25, 0.3) is 0 Å². The third-order valence-corrected chi connectivity index (χ3v) is 5.81. The molecule has 0 unspecified atom stereocenters. The molecule has 0 radical (unpaired) electrons. The first-order valence-electron chi connectivity index (χ1n) is 9.97. The summed E-state index contributed by atoms with van der Waals surface area (Å²) in [6.07, 6.45) is 2.28. The minimum absolute atomic E-state index is 0.0358. The van der Waals surface area contributed by atoms with Crippen LogP contribution in [0.5, 0.6) is 0 Å². The van der Waals surface area contributed by atoms with Crippen LogP contribution in [0, 0.1) is 0 Å². The van der Waals surface area contributed by atoms with Crippen molar-refractivity contribution in [3.63, 3.8) is 0 Å². The normalized spacial score (nSPS) is 17.1. The van der Waals surface area contributed by atoms with Crippen molar-refractivity contribution in [1.29, 1.82) is 0 Å². The Morgan fingerprint density at radius 3 is 2.63 bits per heavy atom. The lowest BCUT2D eigenvalue weighted by molar-refractivity contribution is 0.128. The van der Waals surface area contributed by atoms with Crippen LogP contribution in [-0.2, 0) is 10.2 Å². The second-order valence-corrected chi connectivity index (χ2v) is 8.67. The van der Waals surface area contributed by atoms with E-state index in [1.54, 1.807) is 7.11 Å². The fraction of sp³-hybridized carbons (Fsp3) is 0.667. The van der Waals surface area contributed by atoms with Gasteiger partial charge in [-0.05, 0) is 31.4 Å². The van der Waals surface area contributed by atoms with Gasteiger partial charge in [0.15, 0.2) is 5.96 Å². The first kappa shape index (κ1) is 22.2. The van der Waals surface area contributed by atoms with Gasteiger partial charge in [-0.15, -0.1) is 0 Å². The number of guanidine groups is 1. The van der Waals surface area contributed by atoms with Gasteiger partial charge in [0.2, 0.25) is 0 Å². The summed E-state index contributed by atoms with van der Waals surface area (Å²) in [6, 6.07) is 8.90. The number of nitrogens with one attached hydrogen (secondary N) is 2. The molecule has 0 amide bonds. The Kier molecular flexibility index (Phi) is 9.06. The van der Waals surface area contributed by atoms with Gasteiger partial charge in [-0.3, -0.25) is 4.99 Å². The Bertz CT molecular complexity index is 598. The second kappa shape index (κ2) is 11.0. The van der Waals surface area contributed by atoms with E-state index >= 15 is 0 Å². The lowest BCUT2D eigenvalue weighted by Crippen LogP contribution is -2.49. The smallest absolute Gasteiger partial charge is 0.191 e. The van der Waals surface area contributed by atoms with Gasteiger partial charge in [0.1, 0.15) is 0 Å². The van der Waals surface area contributed by atoms with Gasteiger partial charge in [-0.2, -0.15) is 0 Å². The lowest BCUT2D eigenvalue weighted by atomic mass is 9.85. The van der Waals surface area contributed by atoms with Crippen molar-refractivity contribution in [3.05, 3.63) is 34.3 Å². The van der Waals surface area contributed by atoms with Crippen LogP contribution in [0.2, 0.25) is 0 Å². The van der Waals surface area contributed by atoms with Crippen molar-refractivity contribution in [3.8, 4) is 0 Å². The predicted octanol–water partition coefficient (Wildman–Crippen LogP) is 3.39. The molecule has 1 aromatic carbocycles. The predicted molar refractivity (Wildman–Crippen MR) is 118 cm³/mol. The number of likely N-dealkylation sites (tertiary alicyclic amines) is 1. The molecule has 1 fully saturated rings. The molecule has 0 aliphatic carbocycles. The Hall–Kier alpha value is -1.11. The van der Waals surface area contributed by atoms with E-state index < -0.39 is 0 Å². The van der Waals surface area contributed by atoms with Crippen LogP contribution in [0.3, 0.4) is 0 Å². The largest absolute Gasteiger partial charge is 0.383 e. The zero-order valence-corrected chi connectivity index (χ0v) is 18.8. The summed E-state index contributed by atoms with van der Waals surface area (Å²) >= 11 is 3.68. The van der Waals surface area contributed by atoms with Gasteiger partial charge in [-0.1, -0.05) is 48.0 Å². The molecule has 0 atom stereocenters. The topological polar surface area (TPSA) is 48.9 Å². The first-order chi connectivity index (χ1) is 13.0. The third kappa shape index (κ3) is 7.09. The minimum atomic E-state index is -0.0358. The molecular formula is C21H35BrN4O. The molecule has 1 heterocycles. The zero-order valence-electron chi connectivity index (χ0n) is 17.2. The number of piperidine rings is 1. The molecule has 2 N–H and O–H groups in total. The minimum Gasteiger partial charge on any atom is -0.383 e. The number of nitrogens with zero attached hydrogens (tertiary/aromatic N) is 2. The number of rotatable bonds is 8. The van der Waals surface area contributed by atoms with E-state index in [0.29, 0.717) is 6.04 Å². The summed E-state index contributed by atoms with van der Waals surface area (Å²) in [4.78, 5) is 7.38. The number of ether oxygens (including phenoxy) is 1. The first-order valence-corrected chi connectivity index (χ1v) is 10.8. The maximum absolute atomic E-state index is 5.19. The van der Waals surface area contributed by atoms with Gasteiger partial charge >= 0.3 is 0 Å². The van der Waals surface area contributed by atoms with E-state index in [1.807, 2.05) is 0 Å². The number of hydrogen-bond donors (Lipinski definition) is 2. The molecule has 1 aromatic rings. The Morgan fingerprint density at radius 2 is 2.00 bits per heavy atom. The van der Waals surface area contributed by atoms with Crippen LogP contribution in [0.4, 0.5) is 0 Å². The molecule has 2 rings (SSSR count). The lowest BCUT2D eigenvalue weighted by Gasteiger charge is -2.33. The molecule has 0 bridgehead atoms. The molecular weight excluding hydrogens is 404 g/mol. The van der Waals surface area contributed by atoms with Gasteiger partial charge < -0.3 is 20.3 Å². The van der Waals surface area contributed by atoms with Crippen LogP contribution in [0.1, 0.15) is 39.2 Å². The molecule has 1 saturated heterocycles. The molecule has 1 aliphatic heterocycles. The van der Waals surface area contributed by atoms with Gasteiger partial charge in [0, 0.05) is 49.2 Å². The number of hydrogen-bond acceptors (Lipinski definition) is 3. The Labute approximate surface area is 173 Å². The number of benzene rings is 1. The quantitative estimate of drug-likeness (QED) is 0.482. The fourth-order valence-corrected chi connectivity index (χ4v) is 4.23. The average Bonchev–Trinajstić information content (AvgIpc) is 2.66. The van der Waals surface area contributed by atoms with Crippen molar-refractivity contribution >= 4 is 21.9 Å². The molecule has 27 heavy (non-hydrogen) atoms. The van der Waals surface area contributed by atoms with Crippen LogP contribution < -0.4 is 10.6 Å². The van der Waals surface area contributed by atoms with E-state index in [9.17, 15) is 0 Å². The molecule has 1 aliphatic rings. The highest BCUT2D eigenvalue weighted by Crippen LogP contribution is 2.30. The van der Waals surface area contributed by atoms with E-state index in [1.165, 1.54) is 5.56 Å². The summed E-state index contributed by atoms with van der Waals surface area (Å²) in [7, 11) is 1.77. The zero-order chi connectivity index (χ0) is 19.7. The summed E-state index contributed by atoms with van der Waals surface area (Å²) in [6.45, 7) is 12.3. The number of methoxy groups -OCH3 is 1. The molecule has 0 saturated carbocycles. The molecule has 5 nitrogen and oxygen atoms in total. The summed E-state index contributed by atoms with van der Waals surface area (Å²) < 4.78 is 6.33. The molecule has 0 spiro atoms. The highest BCUT2D eigenvalue weighted by atomic mass is 79.9. The summed E-state index contributed by atoms with van der Waals surface area (Å²) in [5, 5.41) is 7.05. The Morgan fingerprint density at radius 1 is 1.30 bits per heavy atom. The number of aliphatic imine (C=N–C) groups is 1. The SMILES string of the molecule is CCNC(=NCC(C)(C)c1ccccc1Br)NC1CCN(CCOC)CC1. The van der Waals surface area contributed by atoms with Crippen LogP contribution >= 0.6 is 15.9 Å². The summed E-state index contributed by atoms with van der Waals surface area (Å²) in [5.74, 6) is 0.924. The van der Waals surface area contributed by atoms with Gasteiger partial charge in [0.05, 0.1) is 13.2 Å². The van der Waals surface area contributed by atoms with Crippen LogP contribution in [0.25, 0.3) is 0 Å². The van der Waals surface area contributed by atoms with E-state index in [-0.39, 0.29) is 5.41 Å². The van der Waals surface area contributed by atoms with Crippen molar-refractivity contribution in [2.24, 2.45) is 4.99 Å². The third-order valence-electron chi connectivity index (χ3n) is 5.12. The van der Waals surface area contributed by atoms with Crippen LogP contribution in [-0.4, -0.2) is 63.3 Å². The average molecular weight is 439 g/mol. The van der Waals surface area contributed by atoms with Crippen LogP contribution in [0.15, 0.2) is 33.7 Å². The van der Waals surface area contributed by atoms with Crippen molar-refractivity contribution in [1.82, 2.24) is 15.5 Å². The van der Waals surface area contributed by atoms with E-state index in [0.717, 1.165) is 62.6 Å². The standard InChI is InChI=1S/C21H35BrN4O/c1-5-23-20(25-17-10-12-26(13-11-17)14-15-27-4)24-16-21(2,3)18-8-6-7-9-19(18)22/h6-9,17H,5,10-16H2,1-4H3,(H2,23,24,25). The van der Waals surface area contributed by atoms with Crippen molar-refractivity contribution < 1.29 is 4.74 Å². The van der Waals surface area contributed by atoms with Gasteiger partial charge in [-0.25, -0.2) is 0 Å². The molecule has 6 heteroatoms. The number of halogens is 1. The molecule has 0 aromatic heterocycles.